The molecular formula is C28H29N3O6S. The van der Waals surface area contributed by atoms with Gasteiger partial charge in [-0.1, -0.05) is 6.07 Å². The van der Waals surface area contributed by atoms with Crippen molar-refractivity contribution < 1.29 is 27.5 Å². The van der Waals surface area contributed by atoms with E-state index in [-0.39, 0.29) is 22.1 Å². The van der Waals surface area contributed by atoms with Crippen molar-refractivity contribution >= 4 is 33.2 Å². The van der Waals surface area contributed by atoms with Crippen molar-refractivity contribution in [1.29, 1.82) is 0 Å². The van der Waals surface area contributed by atoms with Crippen LogP contribution >= 0.6 is 0 Å². The quantitative estimate of drug-likeness (QED) is 0.491. The molecule has 0 bridgehead atoms. The summed E-state index contributed by atoms with van der Waals surface area (Å²) < 4.78 is 38.3. The first kappa shape index (κ1) is 25.7. The highest BCUT2D eigenvalue weighted by molar-refractivity contribution is 7.89. The van der Waals surface area contributed by atoms with Crippen molar-refractivity contribution in [2.24, 2.45) is 0 Å². The number of benzene rings is 3. The summed E-state index contributed by atoms with van der Waals surface area (Å²) in [5, 5.41) is 2.85. The van der Waals surface area contributed by atoms with Gasteiger partial charge in [0, 0.05) is 42.1 Å². The molecule has 2 amide bonds. The second kappa shape index (κ2) is 10.5. The van der Waals surface area contributed by atoms with E-state index < -0.39 is 15.9 Å². The molecule has 0 aromatic heterocycles. The third-order valence-electron chi connectivity index (χ3n) is 6.93. The Balaban J connectivity index is 1.38. The molecule has 10 heteroatoms. The number of methoxy groups -OCH3 is 2. The number of hydrogen-bond donors (Lipinski definition) is 1. The molecule has 1 N–H and O–H groups in total. The largest absolute Gasteiger partial charge is 0.497 e. The smallest absolute Gasteiger partial charge is 0.258 e. The molecule has 5 rings (SSSR count). The average molecular weight is 536 g/mol. The Morgan fingerprint density at radius 2 is 1.55 bits per heavy atom. The van der Waals surface area contributed by atoms with Gasteiger partial charge < -0.3 is 19.7 Å². The van der Waals surface area contributed by atoms with Crippen molar-refractivity contribution in [3.05, 3.63) is 77.4 Å². The molecule has 3 aromatic carbocycles. The van der Waals surface area contributed by atoms with Crippen LogP contribution in [0, 0.1) is 0 Å². The minimum atomic E-state index is -3.79. The van der Waals surface area contributed by atoms with Gasteiger partial charge in [-0.2, -0.15) is 4.31 Å². The lowest BCUT2D eigenvalue weighted by Gasteiger charge is -2.19. The molecule has 2 heterocycles. The highest BCUT2D eigenvalue weighted by Crippen LogP contribution is 2.33. The molecule has 9 nitrogen and oxygen atoms in total. The van der Waals surface area contributed by atoms with E-state index in [0.29, 0.717) is 43.1 Å². The number of nitrogens with zero attached hydrogens (tertiary/aromatic N) is 2. The lowest BCUT2D eigenvalue weighted by molar-refractivity contribution is 0.0988. The zero-order chi connectivity index (χ0) is 26.9. The zero-order valence-electron chi connectivity index (χ0n) is 21.3. The van der Waals surface area contributed by atoms with E-state index in [9.17, 15) is 18.0 Å². The van der Waals surface area contributed by atoms with E-state index in [2.05, 4.69) is 5.32 Å². The minimum absolute atomic E-state index is 0.0280. The molecule has 3 aromatic rings. The third-order valence-corrected chi connectivity index (χ3v) is 8.85. The predicted octanol–water partition coefficient (Wildman–Crippen LogP) is 3.94. The van der Waals surface area contributed by atoms with Crippen molar-refractivity contribution in [1.82, 2.24) is 4.31 Å². The van der Waals surface area contributed by atoms with Gasteiger partial charge in [0.15, 0.2) is 0 Å². The van der Waals surface area contributed by atoms with Crippen LogP contribution in [0.3, 0.4) is 0 Å². The van der Waals surface area contributed by atoms with E-state index >= 15 is 0 Å². The van der Waals surface area contributed by atoms with Gasteiger partial charge in [0.2, 0.25) is 10.0 Å². The van der Waals surface area contributed by atoms with Crippen LogP contribution in [0.2, 0.25) is 0 Å². The molecule has 1 fully saturated rings. The van der Waals surface area contributed by atoms with Crippen molar-refractivity contribution in [3.63, 3.8) is 0 Å². The fraction of sp³-hybridized carbons (Fsp3) is 0.286. The third kappa shape index (κ3) is 4.84. The summed E-state index contributed by atoms with van der Waals surface area (Å²) in [6.07, 6.45) is 2.32. The second-order valence-electron chi connectivity index (χ2n) is 9.21. The van der Waals surface area contributed by atoms with Crippen LogP contribution in [0.15, 0.2) is 65.6 Å². The first-order valence-electron chi connectivity index (χ1n) is 12.4. The zero-order valence-corrected chi connectivity index (χ0v) is 22.1. The topological polar surface area (TPSA) is 105 Å². The van der Waals surface area contributed by atoms with E-state index in [1.807, 2.05) is 6.07 Å². The standard InChI is InChI=1S/C28H29N3O6S/c1-36-23-10-6-20(7-11-23)28(33)31-16-13-19-5-9-22(18-24(19)31)29-27(32)21-8-12-25(37-2)26(17-21)38(34,35)30-14-3-4-15-30/h5-12,17-18H,3-4,13-16H2,1-2H3,(H,29,32). The molecule has 38 heavy (non-hydrogen) atoms. The summed E-state index contributed by atoms with van der Waals surface area (Å²) in [6.45, 7) is 1.43. The first-order valence-corrected chi connectivity index (χ1v) is 13.8. The second-order valence-corrected chi connectivity index (χ2v) is 11.1. The molecule has 0 aliphatic carbocycles. The molecule has 0 radical (unpaired) electrons. The number of carbonyl (C=O) groups is 2. The number of carbonyl (C=O) groups excluding carboxylic acids is 2. The Morgan fingerprint density at radius 3 is 2.24 bits per heavy atom. The molecule has 0 saturated carbocycles. The normalized spacial score (nSPS) is 15.3. The molecule has 2 aliphatic heterocycles. The first-order chi connectivity index (χ1) is 18.3. The molecular weight excluding hydrogens is 506 g/mol. The fourth-order valence-electron chi connectivity index (χ4n) is 4.85. The molecule has 0 spiro atoms. The van der Waals surface area contributed by atoms with Crippen LogP contribution in [0.1, 0.15) is 39.1 Å². The van der Waals surface area contributed by atoms with E-state index in [1.165, 1.54) is 29.6 Å². The van der Waals surface area contributed by atoms with Gasteiger partial charge in [-0.15, -0.1) is 0 Å². The van der Waals surface area contributed by atoms with Crippen LogP contribution < -0.4 is 19.7 Å². The summed E-state index contributed by atoms with van der Waals surface area (Å²) >= 11 is 0. The van der Waals surface area contributed by atoms with Crippen LogP contribution in [0.4, 0.5) is 11.4 Å². The Labute approximate surface area is 222 Å². The van der Waals surface area contributed by atoms with Gasteiger partial charge in [0.1, 0.15) is 16.4 Å². The highest BCUT2D eigenvalue weighted by atomic mass is 32.2. The number of ether oxygens (including phenoxy) is 2. The maximum Gasteiger partial charge on any atom is 0.258 e. The van der Waals surface area contributed by atoms with Crippen LogP contribution in [0.25, 0.3) is 0 Å². The minimum Gasteiger partial charge on any atom is -0.497 e. The number of nitrogens with one attached hydrogen (secondary N) is 1. The number of amides is 2. The van der Waals surface area contributed by atoms with Gasteiger partial charge in [-0.25, -0.2) is 8.42 Å². The van der Waals surface area contributed by atoms with Crippen LogP contribution in [-0.4, -0.2) is 58.4 Å². The van der Waals surface area contributed by atoms with Crippen LogP contribution in [-0.2, 0) is 16.4 Å². The lowest BCUT2D eigenvalue weighted by Crippen LogP contribution is -2.29. The molecule has 1 saturated heterocycles. The summed E-state index contributed by atoms with van der Waals surface area (Å²) in [5.74, 6) is 0.264. The van der Waals surface area contributed by atoms with E-state index in [4.69, 9.17) is 9.47 Å². The molecule has 0 atom stereocenters. The maximum atomic E-state index is 13.2. The monoisotopic (exact) mass is 535 g/mol. The van der Waals surface area contributed by atoms with E-state index in [1.54, 1.807) is 48.4 Å². The van der Waals surface area contributed by atoms with Crippen molar-refractivity contribution in [2.45, 2.75) is 24.2 Å². The van der Waals surface area contributed by atoms with Gasteiger partial charge in [0.05, 0.1) is 14.2 Å². The summed E-state index contributed by atoms with van der Waals surface area (Å²) in [5.41, 5.74) is 2.97. The lowest BCUT2D eigenvalue weighted by atomic mass is 10.1. The van der Waals surface area contributed by atoms with Crippen molar-refractivity contribution in [3.8, 4) is 11.5 Å². The SMILES string of the molecule is COc1ccc(C(=O)N2CCc3ccc(NC(=O)c4ccc(OC)c(S(=O)(=O)N5CCCC5)c4)cc32)cc1. The van der Waals surface area contributed by atoms with Gasteiger partial charge in [0.25, 0.3) is 11.8 Å². The Hall–Kier alpha value is -3.89. The predicted molar refractivity (Wildman–Crippen MR) is 144 cm³/mol. The van der Waals surface area contributed by atoms with Gasteiger partial charge >= 0.3 is 0 Å². The fourth-order valence-corrected chi connectivity index (χ4v) is 6.55. The Bertz CT molecular complexity index is 1480. The Kier molecular flexibility index (Phi) is 7.09. The van der Waals surface area contributed by atoms with Gasteiger partial charge in [-0.3, -0.25) is 9.59 Å². The highest BCUT2D eigenvalue weighted by Gasteiger charge is 2.31. The number of sulfonamides is 1. The van der Waals surface area contributed by atoms with Crippen LogP contribution in [0.5, 0.6) is 11.5 Å². The summed E-state index contributed by atoms with van der Waals surface area (Å²) in [7, 11) is -0.813. The number of hydrogen-bond acceptors (Lipinski definition) is 6. The van der Waals surface area contributed by atoms with Gasteiger partial charge in [-0.05, 0) is 79.4 Å². The summed E-state index contributed by atoms with van der Waals surface area (Å²) in [6, 6.07) is 16.8. The molecule has 198 valence electrons. The number of anilines is 2. The molecule has 2 aliphatic rings. The van der Waals surface area contributed by atoms with Crippen molar-refractivity contribution in [2.75, 3.05) is 44.1 Å². The maximum absolute atomic E-state index is 13.2. The number of fused-ring (bicyclic) bond motifs is 1. The molecule has 0 unspecified atom stereocenters. The Morgan fingerprint density at radius 1 is 0.842 bits per heavy atom. The average Bonchev–Trinajstić information content (AvgIpc) is 3.63. The van der Waals surface area contributed by atoms with E-state index in [0.717, 1.165) is 24.1 Å². The summed E-state index contributed by atoms with van der Waals surface area (Å²) in [4.78, 5) is 28.0. The number of rotatable bonds is 7.